The van der Waals surface area contributed by atoms with E-state index in [1.54, 1.807) is 6.07 Å². The Morgan fingerprint density at radius 2 is 1.66 bits per heavy atom. The number of nitro groups is 1. The maximum Gasteiger partial charge on any atom is 0.270 e. The number of nitro benzene ring substituents is 1. The van der Waals surface area contributed by atoms with Gasteiger partial charge in [-0.25, -0.2) is 12.8 Å². The lowest BCUT2D eigenvalue weighted by Crippen LogP contribution is -2.31. The highest BCUT2D eigenvalue weighted by atomic mass is 32.2. The van der Waals surface area contributed by atoms with Crippen LogP contribution in [0.4, 0.5) is 27.1 Å². The van der Waals surface area contributed by atoms with E-state index in [1.165, 1.54) is 54.6 Å². The molecule has 35 heavy (non-hydrogen) atoms. The molecule has 1 fully saturated rings. The molecule has 0 bridgehead atoms. The number of piperidine rings is 1. The largest absolute Gasteiger partial charge is 0.371 e. The number of rotatable bonds is 7. The van der Waals surface area contributed by atoms with E-state index in [0.29, 0.717) is 11.4 Å². The quantitative estimate of drug-likeness (QED) is 0.357. The molecule has 0 spiro atoms. The van der Waals surface area contributed by atoms with Gasteiger partial charge >= 0.3 is 0 Å². The van der Waals surface area contributed by atoms with Crippen molar-refractivity contribution in [3.8, 4) is 0 Å². The Bertz CT molecular complexity index is 1360. The van der Waals surface area contributed by atoms with Crippen LogP contribution in [0.15, 0.2) is 71.6 Å². The Kier molecular flexibility index (Phi) is 6.97. The second-order valence-electron chi connectivity index (χ2n) is 8.10. The molecule has 1 aliphatic heterocycles. The molecular weight excluding hydrogens is 475 g/mol. The highest BCUT2D eigenvalue weighted by molar-refractivity contribution is 7.92. The Hall–Kier alpha value is -3.99. The van der Waals surface area contributed by atoms with Crippen molar-refractivity contribution in [3.05, 3.63) is 88.2 Å². The van der Waals surface area contributed by atoms with E-state index in [2.05, 4.69) is 10.0 Å². The topological polar surface area (TPSA) is 122 Å². The van der Waals surface area contributed by atoms with Crippen LogP contribution in [-0.4, -0.2) is 32.3 Å². The third kappa shape index (κ3) is 5.75. The molecule has 1 saturated heterocycles. The van der Waals surface area contributed by atoms with E-state index in [9.17, 15) is 27.7 Å². The number of carbonyl (C=O) groups is 1. The van der Waals surface area contributed by atoms with Crippen LogP contribution in [0.5, 0.6) is 0 Å². The highest BCUT2D eigenvalue weighted by Gasteiger charge is 2.22. The zero-order chi connectivity index (χ0) is 25.0. The van der Waals surface area contributed by atoms with Crippen molar-refractivity contribution in [2.75, 3.05) is 28.0 Å². The van der Waals surface area contributed by atoms with Gasteiger partial charge in [0.05, 0.1) is 26.8 Å². The van der Waals surface area contributed by atoms with Gasteiger partial charge in [0.25, 0.3) is 21.6 Å². The molecular formula is C24H23FN4O5S. The lowest BCUT2D eigenvalue weighted by atomic mass is 10.1. The summed E-state index contributed by atoms with van der Waals surface area (Å²) in [4.78, 5) is 25.8. The van der Waals surface area contributed by atoms with Crippen molar-refractivity contribution >= 4 is 38.7 Å². The van der Waals surface area contributed by atoms with E-state index < -0.39 is 26.7 Å². The molecule has 182 valence electrons. The van der Waals surface area contributed by atoms with Crippen molar-refractivity contribution in [3.63, 3.8) is 0 Å². The van der Waals surface area contributed by atoms with E-state index in [1.807, 2.05) is 4.90 Å². The van der Waals surface area contributed by atoms with Crippen LogP contribution in [0.1, 0.15) is 29.6 Å². The summed E-state index contributed by atoms with van der Waals surface area (Å²) in [7, 11) is -3.97. The summed E-state index contributed by atoms with van der Waals surface area (Å²) >= 11 is 0. The van der Waals surface area contributed by atoms with Crippen molar-refractivity contribution in [2.24, 2.45) is 0 Å². The maximum absolute atomic E-state index is 13.4. The molecule has 1 amide bonds. The fraction of sp³-hybridized carbons (Fsp3) is 0.208. The molecule has 2 N–H and O–H groups in total. The van der Waals surface area contributed by atoms with Crippen molar-refractivity contribution < 1.29 is 22.5 Å². The van der Waals surface area contributed by atoms with Crippen LogP contribution in [0.2, 0.25) is 0 Å². The first-order valence-corrected chi connectivity index (χ1v) is 12.4. The normalized spacial score (nSPS) is 13.8. The molecule has 0 radical (unpaired) electrons. The molecule has 11 heteroatoms. The molecule has 0 aliphatic carbocycles. The van der Waals surface area contributed by atoms with Gasteiger partial charge in [-0.15, -0.1) is 0 Å². The first-order chi connectivity index (χ1) is 16.7. The smallest absolute Gasteiger partial charge is 0.270 e. The number of hydrogen-bond donors (Lipinski definition) is 2. The minimum absolute atomic E-state index is 0.0795. The van der Waals surface area contributed by atoms with Gasteiger partial charge in [0.15, 0.2) is 0 Å². The number of carbonyl (C=O) groups excluding carboxylic acids is 1. The molecule has 3 aromatic rings. The SMILES string of the molecule is O=C(Nc1ccc(S(=O)(=O)Nc2cccc(F)c2)cc1)c1cc([N+](=O)[O-])ccc1N1CCCCC1. The Labute approximate surface area is 201 Å². The maximum atomic E-state index is 13.4. The van der Waals surface area contributed by atoms with Gasteiger partial charge in [-0.1, -0.05) is 6.07 Å². The van der Waals surface area contributed by atoms with Gasteiger partial charge in [-0.05, 0) is 67.8 Å². The Morgan fingerprint density at radius 1 is 0.943 bits per heavy atom. The van der Waals surface area contributed by atoms with Crippen LogP contribution in [0.3, 0.4) is 0 Å². The number of non-ortho nitro benzene ring substituents is 1. The zero-order valence-electron chi connectivity index (χ0n) is 18.6. The van der Waals surface area contributed by atoms with Crippen LogP contribution in [0.25, 0.3) is 0 Å². The van der Waals surface area contributed by atoms with E-state index in [0.717, 1.165) is 38.4 Å². The molecule has 1 heterocycles. The van der Waals surface area contributed by atoms with E-state index in [-0.39, 0.29) is 21.8 Å². The third-order valence-electron chi connectivity index (χ3n) is 5.63. The Morgan fingerprint density at radius 3 is 2.31 bits per heavy atom. The molecule has 0 aromatic heterocycles. The molecule has 1 aliphatic rings. The van der Waals surface area contributed by atoms with Crippen molar-refractivity contribution in [1.29, 1.82) is 0 Å². The molecule has 0 atom stereocenters. The van der Waals surface area contributed by atoms with Crippen LogP contribution in [-0.2, 0) is 10.0 Å². The van der Waals surface area contributed by atoms with Crippen molar-refractivity contribution in [2.45, 2.75) is 24.2 Å². The predicted octanol–water partition coefficient (Wildman–Crippen LogP) is 4.78. The number of sulfonamides is 1. The van der Waals surface area contributed by atoms with E-state index >= 15 is 0 Å². The summed E-state index contributed by atoms with van der Waals surface area (Å²) < 4.78 is 40.9. The fourth-order valence-corrected chi connectivity index (χ4v) is 4.96. The van der Waals surface area contributed by atoms with Crippen LogP contribution < -0.4 is 14.9 Å². The molecule has 4 rings (SSSR count). The van der Waals surface area contributed by atoms with Gasteiger partial charge < -0.3 is 10.2 Å². The summed E-state index contributed by atoms with van der Waals surface area (Å²) in [6.45, 7) is 1.51. The fourth-order valence-electron chi connectivity index (χ4n) is 3.91. The summed E-state index contributed by atoms with van der Waals surface area (Å²) in [5.41, 5.74) is 0.992. The van der Waals surface area contributed by atoms with Gasteiger partial charge in [-0.2, -0.15) is 0 Å². The number of hydrogen-bond acceptors (Lipinski definition) is 6. The number of amides is 1. The minimum Gasteiger partial charge on any atom is -0.371 e. The molecule has 3 aromatic carbocycles. The number of halogens is 1. The number of nitrogens with one attached hydrogen (secondary N) is 2. The lowest BCUT2D eigenvalue weighted by Gasteiger charge is -2.30. The summed E-state index contributed by atoms with van der Waals surface area (Å²) in [6, 6.07) is 14.7. The zero-order valence-corrected chi connectivity index (χ0v) is 19.4. The summed E-state index contributed by atoms with van der Waals surface area (Å²) in [6.07, 6.45) is 3.03. The second-order valence-corrected chi connectivity index (χ2v) is 9.78. The van der Waals surface area contributed by atoms with Gasteiger partial charge in [0, 0.05) is 30.9 Å². The number of nitrogens with zero attached hydrogens (tertiary/aromatic N) is 2. The van der Waals surface area contributed by atoms with Gasteiger partial charge in [0.2, 0.25) is 0 Å². The van der Waals surface area contributed by atoms with Crippen LogP contribution >= 0.6 is 0 Å². The first kappa shape index (κ1) is 24.1. The minimum atomic E-state index is -3.97. The molecule has 0 unspecified atom stereocenters. The molecule has 0 saturated carbocycles. The van der Waals surface area contributed by atoms with Gasteiger partial charge in [0.1, 0.15) is 5.82 Å². The van der Waals surface area contributed by atoms with Crippen molar-refractivity contribution in [1.82, 2.24) is 0 Å². The predicted molar refractivity (Wildman–Crippen MR) is 131 cm³/mol. The summed E-state index contributed by atoms with van der Waals surface area (Å²) in [5, 5.41) is 14.0. The van der Waals surface area contributed by atoms with Gasteiger partial charge in [-0.3, -0.25) is 19.6 Å². The lowest BCUT2D eigenvalue weighted by molar-refractivity contribution is -0.384. The monoisotopic (exact) mass is 498 g/mol. The standard InChI is InChI=1S/C24H23FN4O5S/c25-17-5-4-6-19(15-17)27-35(33,34)21-10-7-18(8-11-21)26-24(30)22-16-20(29(31)32)9-12-23(22)28-13-2-1-3-14-28/h4-12,15-16,27H,1-3,13-14H2,(H,26,30). The Balaban J connectivity index is 1.54. The van der Waals surface area contributed by atoms with E-state index in [4.69, 9.17) is 0 Å². The number of anilines is 3. The highest BCUT2D eigenvalue weighted by Crippen LogP contribution is 2.29. The molecule has 9 nitrogen and oxygen atoms in total. The average Bonchev–Trinajstić information content (AvgIpc) is 2.84. The van der Waals surface area contributed by atoms with Crippen LogP contribution in [0, 0.1) is 15.9 Å². The second kappa shape index (κ2) is 10.1. The summed E-state index contributed by atoms with van der Waals surface area (Å²) in [5.74, 6) is -1.11. The number of benzene rings is 3. The first-order valence-electron chi connectivity index (χ1n) is 11.0. The average molecular weight is 499 g/mol. The third-order valence-corrected chi connectivity index (χ3v) is 7.03.